The van der Waals surface area contributed by atoms with Crippen molar-refractivity contribution in [3.8, 4) is 0 Å². The minimum atomic E-state index is -3.58. The molecular weight excluding hydrogens is 440 g/mol. The quantitative estimate of drug-likeness (QED) is 0.628. The van der Waals surface area contributed by atoms with Gasteiger partial charge in [0.05, 0.1) is 6.04 Å². The fourth-order valence-corrected chi connectivity index (χ4v) is 6.94. The van der Waals surface area contributed by atoms with Crippen molar-refractivity contribution >= 4 is 55.9 Å². The van der Waals surface area contributed by atoms with Crippen LogP contribution in [0.2, 0.25) is 5.02 Å². The van der Waals surface area contributed by atoms with Crippen LogP contribution in [-0.4, -0.2) is 35.4 Å². The van der Waals surface area contributed by atoms with Gasteiger partial charge in [-0.25, -0.2) is 8.42 Å². The first kappa shape index (κ1) is 19.5. The van der Waals surface area contributed by atoms with Gasteiger partial charge in [-0.15, -0.1) is 21.5 Å². The summed E-state index contributed by atoms with van der Waals surface area (Å²) in [6.07, 6.45) is 1.38. The molecule has 0 aliphatic carbocycles. The normalized spacial score (nSPS) is 17.7. The first-order valence-electron chi connectivity index (χ1n) is 8.41. The molecule has 1 aliphatic rings. The fraction of sp³-hybridized carbons (Fsp3) is 0.235. The van der Waals surface area contributed by atoms with Gasteiger partial charge in [0.15, 0.2) is 0 Å². The number of nitrogens with zero attached hydrogens (tertiary/aromatic N) is 3. The third kappa shape index (κ3) is 3.83. The standard InChI is InChI=1S/C17H15ClN4O3S3/c18-11-4-1-5-12(10-11)19-15(23)17-21-20-16(27-17)13-6-2-8-22(13)28(24,25)14-7-3-9-26-14/h1,3-5,7,9-10,13H,2,6,8H2,(H,19,23)/t13-/m0/s1. The van der Waals surface area contributed by atoms with E-state index in [0.29, 0.717) is 32.9 Å². The van der Waals surface area contributed by atoms with Gasteiger partial charge in [0.25, 0.3) is 15.9 Å². The number of aromatic nitrogens is 2. The van der Waals surface area contributed by atoms with Crippen molar-refractivity contribution in [3.05, 3.63) is 56.8 Å². The SMILES string of the molecule is O=C(Nc1cccc(Cl)c1)c1nnc([C@@H]2CCCN2S(=O)(=O)c2cccs2)s1. The number of carbonyl (C=O) groups is 1. The van der Waals surface area contributed by atoms with E-state index in [-0.39, 0.29) is 5.01 Å². The Balaban J connectivity index is 1.54. The molecule has 0 spiro atoms. The minimum absolute atomic E-state index is 0.176. The molecule has 3 aromatic rings. The van der Waals surface area contributed by atoms with Crippen molar-refractivity contribution in [1.82, 2.24) is 14.5 Å². The molecule has 1 N–H and O–H groups in total. The zero-order valence-corrected chi connectivity index (χ0v) is 17.6. The van der Waals surface area contributed by atoms with Gasteiger partial charge in [-0.05, 0) is 42.5 Å². The van der Waals surface area contributed by atoms with Crippen LogP contribution in [0, 0.1) is 0 Å². The lowest BCUT2D eigenvalue weighted by molar-refractivity contribution is 0.102. The van der Waals surface area contributed by atoms with E-state index in [1.807, 2.05) is 0 Å². The molecule has 4 rings (SSSR count). The molecule has 28 heavy (non-hydrogen) atoms. The Hall–Kier alpha value is -1.85. The number of anilines is 1. The summed E-state index contributed by atoms with van der Waals surface area (Å²) in [5.74, 6) is -0.406. The Morgan fingerprint density at radius 3 is 2.86 bits per heavy atom. The number of amides is 1. The predicted octanol–water partition coefficient (Wildman–Crippen LogP) is 4.03. The van der Waals surface area contributed by atoms with Crippen LogP contribution in [0.5, 0.6) is 0 Å². The zero-order chi connectivity index (χ0) is 19.7. The minimum Gasteiger partial charge on any atom is -0.320 e. The van der Waals surface area contributed by atoms with Gasteiger partial charge in [0, 0.05) is 17.3 Å². The summed E-state index contributed by atoms with van der Waals surface area (Å²) < 4.78 is 27.6. The van der Waals surface area contributed by atoms with Crippen molar-refractivity contribution in [1.29, 1.82) is 0 Å². The van der Waals surface area contributed by atoms with Crippen LogP contribution < -0.4 is 5.32 Å². The summed E-state index contributed by atoms with van der Waals surface area (Å²) in [6.45, 7) is 0.425. The fourth-order valence-electron chi connectivity index (χ4n) is 3.01. The van der Waals surface area contributed by atoms with Crippen molar-refractivity contribution in [2.24, 2.45) is 0 Å². The zero-order valence-electron chi connectivity index (χ0n) is 14.4. The molecule has 7 nitrogen and oxygen atoms in total. The maximum absolute atomic E-state index is 12.9. The average molecular weight is 455 g/mol. The lowest BCUT2D eigenvalue weighted by Gasteiger charge is -2.21. The van der Waals surface area contributed by atoms with Gasteiger partial charge in [0.2, 0.25) is 5.01 Å². The topological polar surface area (TPSA) is 92.3 Å². The molecule has 1 atom stereocenters. The van der Waals surface area contributed by atoms with E-state index in [1.54, 1.807) is 41.8 Å². The molecule has 0 bridgehead atoms. The van der Waals surface area contributed by atoms with E-state index in [0.717, 1.165) is 17.8 Å². The molecule has 11 heteroatoms. The second kappa shape index (κ2) is 7.88. The van der Waals surface area contributed by atoms with Crippen LogP contribution in [0.1, 0.15) is 33.7 Å². The van der Waals surface area contributed by atoms with Gasteiger partial charge >= 0.3 is 0 Å². The Bertz CT molecular complexity index is 1100. The Morgan fingerprint density at radius 1 is 1.25 bits per heavy atom. The first-order valence-corrected chi connectivity index (χ1v) is 11.9. The number of hydrogen-bond acceptors (Lipinski definition) is 7. The Morgan fingerprint density at radius 2 is 2.11 bits per heavy atom. The number of benzene rings is 1. The number of rotatable bonds is 5. The van der Waals surface area contributed by atoms with E-state index in [2.05, 4.69) is 15.5 Å². The van der Waals surface area contributed by atoms with Crippen LogP contribution >= 0.6 is 34.3 Å². The molecule has 1 aliphatic heterocycles. The van der Waals surface area contributed by atoms with E-state index in [1.165, 1.54) is 15.6 Å². The van der Waals surface area contributed by atoms with Crippen molar-refractivity contribution in [2.45, 2.75) is 23.1 Å². The maximum Gasteiger partial charge on any atom is 0.286 e. The van der Waals surface area contributed by atoms with Crippen LogP contribution in [0.25, 0.3) is 0 Å². The number of hydrogen-bond donors (Lipinski definition) is 1. The highest BCUT2D eigenvalue weighted by molar-refractivity contribution is 7.91. The predicted molar refractivity (Wildman–Crippen MR) is 110 cm³/mol. The molecule has 3 heterocycles. The lowest BCUT2D eigenvalue weighted by atomic mass is 10.2. The second-order valence-electron chi connectivity index (χ2n) is 6.12. The summed E-state index contributed by atoms with van der Waals surface area (Å²) >= 11 is 8.23. The van der Waals surface area contributed by atoms with Crippen LogP contribution in [-0.2, 0) is 10.0 Å². The molecule has 1 fully saturated rings. The lowest BCUT2D eigenvalue weighted by Crippen LogP contribution is -2.30. The molecule has 2 aromatic heterocycles. The summed E-state index contributed by atoms with van der Waals surface area (Å²) in [5.41, 5.74) is 0.553. The molecule has 146 valence electrons. The van der Waals surface area contributed by atoms with Crippen molar-refractivity contribution in [2.75, 3.05) is 11.9 Å². The number of halogens is 1. The van der Waals surface area contributed by atoms with Crippen molar-refractivity contribution < 1.29 is 13.2 Å². The van der Waals surface area contributed by atoms with E-state index < -0.39 is 22.0 Å². The van der Waals surface area contributed by atoms with Crippen molar-refractivity contribution in [3.63, 3.8) is 0 Å². The summed E-state index contributed by atoms with van der Waals surface area (Å²) in [4.78, 5) is 12.4. The smallest absolute Gasteiger partial charge is 0.286 e. The van der Waals surface area contributed by atoms with Gasteiger partial charge < -0.3 is 5.32 Å². The number of nitrogens with one attached hydrogen (secondary N) is 1. The summed E-state index contributed by atoms with van der Waals surface area (Å²) in [5, 5.41) is 13.7. The van der Waals surface area contributed by atoms with E-state index in [4.69, 9.17) is 11.6 Å². The van der Waals surface area contributed by atoms with Crippen LogP contribution in [0.3, 0.4) is 0 Å². The number of carbonyl (C=O) groups excluding carboxylic acids is 1. The molecule has 1 saturated heterocycles. The third-order valence-corrected chi connectivity index (χ3v) is 8.80. The van der Waals surface area contributed by atoms with Crippen LogP contribution in [0.15, 0.2) is 46.0 Å². The summed E-state index contributed by atoms with van der Waals surface area (Å²) in [6, 6.07) is 9.70. The van der Waals surface area contributed by atoms with E-state index in [9.17, 15) is 13.2 Å². The third-order valence-electron chi connectivity index (χ3n) is 4.26. The molecule has 0 unspecified atom stereocenters. The molecule has 1 amide bonds. The molecule has 1 aromatic carbocycles. The average Bonchev–Trinajstić information content (AvgIpc) is 3.42. The molecule has 0 radical (unpaired) electrons. The monoisotopic (exact) mass is 454 g/mol. The highest BCUT2D eigenvalue weighted by atomic mass is 35.5. The second-order valence-corrected chi connectivity index (χ2v) is 10.6. The molecular formula is C17H15ClN4O3S3. The largest absolute Gasteiger partial charge is 0.320 e. The number of sulfonamides is 1. The van der Waals surface area contributed by atoms with Gasteiger partial charge in [-0.1, -0.05) is 35.1 Å². The highest BCUT2D eigenvalue weighted by Crippen LogP contribution is 2.38. The maximum atomic E-state index is 12.9. The van der Waals surface area contributed by atoms with Gasteiger partial charge in [-0.3, -0.25) is 4.79 Å². The summed E-state index contributed by atoms with van der Waals surface area (Å²) in [7, 11) is -3.58. The molecule has 0 saturated carbocycles. The van der Waals surface area contributed by atoms with Crippen LogP contribution in [0.4, 0.5) is 5.69 Å². The van der Waals surface area contributed by atoms with Gasteiger partial charge in [0.1, 0.15) is 9.22 Å². The van der Waals surface area contributed by atoms with Gasteiger partial charge in [-0.2, -0.15) is 4.31 Å². The Labute approximate surface area is 175 Å². The Kier molecular flexibility index (Phi) is 5.48. The first-order chi connectivity index (χ1) is 13.4. The highest BCUT2D eigenvalue weighted by Gasteiger charge is 2.38. The number of thiophene rings is 1. The van der Waals surface area contributed by atoms with E-state index >= 15 is 0 Å².